The summed E-state index contributed by atoms with van der Waals surface area (Å²) in [6.45, 7) is 7.37. The standard InChI is InChI=1S/C10H17BrN2O/c1-9(11)8-12-10(14)4-7-13-5-2-3-6-13/h1-8H2,(H,12,14). The minimum atomic E-state index is 0.109. The largest absolute Gasteiger partial charge is 0.351 e. The zero-order valence-electron chi connectivity index (χ0n) is 8.39. The molecule has 80 valence electrons. The van der Waals surface area contributed by atoms with Gasteiger partial charge in [-0.1, -0.05) is 22.5 Å². The average molecular weight is 261 g/mol. The molecule has 3 nitrogen and oxygen atoms in total. The predicted molar refractivity (Wildman–Crippen MR) is 61.4 cm³/mol. The summed E-state index contributed by atoms with van der Waals surface area (Å²) in [6.07, 6.45) is 3.15. The first-order valence-electron chi connectivity index (χ1n) is 5.01. The topological polar surface area (TPSA) is 32.3 Å². The molecule has 1 aliphatic heterocycles. The molecule has 0 aliphatic carbocycles. The zero-order valence-corrected chi connectivity index (χ0v) is 9.98. The van der Waals surface area contributed by atoms with Crippen LogP contribution in [0.15, 0.2) is 11.1 Å². The molecule has 1 aliphatic rings. The molecule has 1 heterocycles. The van der Waals surface area contributed by atoms with Crippen LogP contribution in [0.2, 0.25) is 0 Å². The molecule has 0 aromatic rings. The highest BCUT2D eigenvalue weighted by Gasteiger charge is 2.12. The van der Waals surface area contributed by atoms with Gasteiger partial charge in [0.15, 0.2) is 0 Å². The van der Waals surface area contributed by atoms with Crippen molar-refractivity contribution in [1.29, 1.82) is 0 Å². The highest BCUT2D eigenvalue weighted by molar-refractivity contribution is 9.11. The lowest BCUT2D eigenvalue weighted by Gasteiger charge is -2.13. The molecule has 1 saturated heterocycles. The second kappa shape index (κ2) is 6.19. The van der Waals surface area contributed by atoms with Crippen LogP contribution >= 0.6 is 15.9 Å². The third kappa shape index (κ3) is 4.77. The number of nitrogens with zero attached hydrogens (tertiary/aromatic N) is 1. The van der Waals surface area contributed by atoms with E-state index in [9.17, 15) is 4.79 Å². The van der Waals surface area contributed by atoms with E-state index in [0.717, 1.165) is 24.1 Å². The Hall–Kier alpha value is -0.350. The van der Waals surface area contributed by atoms with Gasteiger partial charge in [0.05, 0.1) is 0 Å². The second-order valence-electron chi connectivity index (χ2n) is 3.59. The van der Waals surface area contributed by atoms with Crippen molar-refractivity contribution in [1.82, 2.24) is 10.2 Å². The van der Waals surface area contributed by atoms with Crippen LogP contribution in [0.5, 0.6) is 0 Å². The van der Waals surface area contributed by atoms with E-state index >= 15 is 0 Å². The van der Waals surface area contributed by atoms with Crippen molar-refractivity contribution < 1.29 is 4.79 Å². The van der Waals surface area contributed by atoms with Crippen molar-refractivity contribution >= 4 is 21.8 Å². The Labute approximate surface area is 93.7 Å². The lowest BCUT2D eigenvalue weighted by atomic mass is 10.3. The van der Waals surface area contributed by atoms with Gasteiger partial charge in [0.1, 0.15) is 0 Å². The van der Waals surface area contributed by atoms with Crippen LogP contribution in [-0.4, -0.2) is 37.0 Å². The third-order valence-corrected chi connectivity index (χ3v) is 2.61. The van der Waals surface area contributed by atoms with E-state index in [-0.39, 0.29) is 5.91 Å². The van der Waals surface area contributed by atoms with Crippen LogP contribution in [0.3, 0.4) is 0 Å². The van der Waals surface area contributed by atoms with Gasteiger partial charge in [-0.15, -0.1) is 0 Å². The second-order valence-corrected chi connectivity index (χ2v) is 4.71. The number of likely N-dealkylation sites (tertiary alicyclic amines) is 1. The first-order chi connectivity index (χ1) is 6.68. The average Bonchev–Trinajstić information content (AvgIpc) is 2.63. The fourth-order valence-corrected chi connectivity index (χ4v) is 1.69. The van der Waals surface area contributed by atoms with Gasteiger partial charge in [-0.2, -0.15) is 0 Å². The summed E-state index contributed by atoms with van der Waals surface area (Å²) >= 11 is 3.20. The summed E-state index contributed by atoms with van der Waals surface area (Å²) in [5, 5.41) is 2.79. The molecule has 4 heteroatoms. The van der Waals surface area contributed by atoms with Crippen LogP contribution in [0.4, 0.5) is 0 Å². The van der Waals surface area contributed by atoms with Crippen molar-refractivity contribution in [2.45, 2.75) is 19.3 Å². The number of halogens is 1. The SMILES string of the molecule is C=C(Br)CNC(=O)CCN1CCCC1. The normalized spacial score (nSPS) is 16.9. The smallest absolute Gasteiger partial charge is 0.221 e. The highest BCUT2D eigenvalue weighted by Crippen LogP contribution is 2.07. The monoisotopic (exact) mass is 260 g/mol. The molecule has 1 N–H and O–H groups in total. The van der Waals surface area contributed by atoms with Crippen molar-refractivity contribution in [3.63, 3.8) is 0 Å². The van der Waals surface area contributed by atoms with Gasteiger partial charge in [0.2, 0.25) is 5.91 Å². The number of amides is 1. The number of carbonyl (C=O) groups excluding carboxylic acids is 1. The Balaban J connectivity index is 2.05. The molecule has 0 saturated carbocycles. The zero-order chi connectivity index (χ0) is 10.4. The van der Waals surface area contributed by atoms with Gasteiger partial charge in [0, 0.05) is 24.0 Å². The van der Waals surface area contributed by atoms with Crippen LogP contribution in [0.1, 0.15) is 19.3 Å². The number of rotatable bonds is 5. The molecular formula is C10H17BrN2O. The van der Waals surface area contributed by atoms with Crippen LogP contribution in [0.25, 0.3) is 0 Å². The Morgan fingerprint density at radius 2 is 2.07 bits per heavy atom. The van der Waals surface area contributed by atoms with Crippen molar-refractivity contribution in [3.05, 3.63) is 11.1 Å². The summed E-state index contributed by atoms with van der Waals surface area (Å²) in [5.41, 5.74) is 0. The molecule has 0 bridgehead atoms. The number of carbonyl (C=O) groups is 1. The lowest BCUT2D eigenvalue weighted by Crippen LogP contribution is -2.29. The molecule has 0 spiro atoms. The first-order valence-corrected chi connectivity index (χ1v) is 5.80. The van der Waals surface area contributed by atoms with Crippen LogP contribution in [-0.2, 0) is 4.79 Å². The van der Waals surface area contributed by atoms with E-state index < -0.39 is 0 Å². The molecule has 1 rings (SSSR count). The molecule has 0 aromatic carbocycles. The van der Waals surface area contributed by atoms with Gasteiger partial charge in [-0.3, -0.25) is 4.79 Å². The molecule has 0 atom stereocenters. The summed E-state index contributed by atoms with van der Waals surface area (Å²) < 4.78 is 0.812. The maximum absolute atomic E-state index is 11.3. The maximum atomic E-state index is 11.3. The summed E-state index contributed by atoms with van der Waals surface area (Å²) in [5.74, 6) is 0.109. The Kier molecular flexibility index (Phi) is 5.19. The highest BCUT2D eigenvalue weighted by atomic mass is 79.9. The minimum absolute atomic E-state index is 0.109. The molecule has 0 unspecified atom stereocenters. The van der Waals surface area contributed by atoms with E-state index in [1.54, 1.807) is 0 Å². The van der Waals surface area contributed by atoms with Crippen molar-refractivity contribution in [3.8, 4) is 0 Å². The van der Waals surface area contributed by atoms with E-state index in [1.807, 2.05) is 0 Å². The van der Waals surface area contributed by atoms with E-state index in [2.05, 4.69) is 32.7 Å². The summed E-state index contributed by atoms with van der Waals surface area (Å²) in [7, 11) is 0. The Bertz CT molecular complexity index is 212. The minimum Gasteiger partial charge on any atom is -0.351 e. The molecule has 0 aromatic heterocycles. The fraction of sp³-hybridized carbons (Fsp3) is 0.700. The molecule has 1 fully saturated rings. The molecule has 1 amide bonds. The summed E-state index contributed by atoms with van der Waals surface area (Å²) in [6, 6.07) is 0. The van der Waals surface area contributed by atoms with Gasteiger partial charge in [0.25, 0.3) is 0 Å². The van der Waals surface area contributed by atoms with Crippen LogP contribution < -0.4 is 5.32 Å². The van der Waals surface area contributed by atoms with Gasteiger partial charge < -0.3 is 10.2 Å². The van der Waals surface area contributed by atoms with Gasteiger partial charge in [-0.05, 0) is 25.9 Å². The van der Waals surface area contributed by atoms with E-state index in [4.69, 9.17) is 0 Å². The Morgan fingerprint density at radius 1 is 1.43 bits per heavy atom. The molecular weight excluding hydrogens is 244 g/mol. The number of hydrogen-bond acceptors (Lipinski definition) is 2. The van der Waals surface area contributed by atoms with E-state index in [0.29, 0.717) is 13.0 Å². The Morgan fingerprint density at radius 3 is 2.64 bits per heavy atom. The van der Waals surface area contributed by atoms with Crippen molar-refractivity contribution in [2.24, 2.45) is 0 Å². The first kappa shape index (κ1) is 11.7. The van der Waals surface area contributed by atoms with E-state index in [1.165, 1.54) is 12.8 Å². The van der Waals surface area contributed by atoms with Gasteiger partial charge in [-0.25, -0.2) is 0 Å². The fourth-order valence-electron chi connectivity index (χ4n) is 1.55. The number of nitrogens with one attached hydrogen (secondary N) is 1. The third-order valence-electron chi connectivity index (χ3n) is 2.33. The quantitative estimate of drug-likeness (QED) is 0.813. The predicted octanol–water partition coefficient (Wildman–Crippen LogP) is 1.50. The number of hydrogen-bond donors (Lipinski definition) is 1. The molecule has 14 heavy (non-hydrogen) atoms. The van der Waals surface area contributed by atoms with Crippen molar-refractivity contribution in [2.75, 3.05) is 26.2 Å². The van der Waals surface area contributed by atoms with Gasteiger partial charge >= 0.3 is 0 Å². The summed E-state index contributed by atoms with van der Waals surface area (Å²) in [4.78, 5) is 13.6. The molecule has 0 radical (unpaired) electrons. The lowest BCUT2D eigenvalue weighted by molar-refractivity contribution is -0.121. The van der Waals surface area contributed by atoms with Crippen LogP contribution in [0, 0.1) is 0 Å². The maximum Gasteiger partial charge on any atom is 0.221 e.